The van der Waals surface area contributed by atoms with Crippen molar-refractivity contribution in [1.82, 2.24) is 0 Å². The molecule has 2 N–H and O–H groups in total. The van der Waals surface area contributed by atoms with Gasteiger partial charge in [0.1, 0.15) is 11.5 Å². The highest BCUT2D eigenvalue weighted by Gasteiger charge is 2.19. The molecule has 0 rings (SSSR count). The average Bonchev–Trinajstić information content (AvgIpc) is 2.43. The van der Waals surface area contributed by atoms with Gasteiger partial charge in [0.2, 0.25) is 0 Å². The summed E-state index contributed by atoms with van der Waals surface area (Å²) in [6.45, 7) is 9.49. The Morgan fingerprint density at radius 1 is 1.32 bits per heavy atom. The molecular formula is C16H24O2S. The van der Waals surface area contributed by atoms with E-state index in [0.29, 0.717) is 0 Å². The minimum atomic E-state index is -0.915. The highest BCUT2D eigenvalue weighted by molar-refractivity contribution is 8.03. The van der Waals surface area contributed by atoms with Gasteiger partial charge in [-0.2, -0.15) is 0 Å². The molecule has 0 saturated carbocycles. The number of aliphatic hydroxyl groups excluding tert-OH is 2. The maximum Gasteiger partial charge on any atom is 0.134 e. The van der Waals surface area contributed by atoms with Crippen LogP contribution in [0.1, 0.15) is 27.2 Å². The third-order valence-electron chi connectivity index (χ3n) is 2.40. The van der Waals surface area contributed by atoms with Crippen LogP contribution < -0.4 is 0 Å². The molecule has 2 nitrogen and oxygen atoms in total. The largest absolute Gasteiger partial charge is 0.385 e. The van der Waals surface area contributed by atoms with E-state index < -0.39 is 11.5 Å². The van der Waals surface area contributed by atoms with E-state index in [9.17, 15) is 10.2 Å². The van der Waals surface area contributed by atoms with Gasteiger partial charge in [-0.15, -0.1) is 0 Å². The van der Waals surface area contributed by atoms with E-state index in [1.165, 1.54) is 11.8 Å². The van der Waals surface area contributed by atoms with Gasteiger partial charge in [0.15, 0.2) is 0 Å². The summed E-state index contributed by atoms with van der Waals surface area (Å²) in [6.07, 6.45) is 12.9. The second kappa shape index (κ2) is 10.9. The van der Waals surface area contributed by atoms with Crippen LogP contribution in [0.2, 0.25) is 0 Å². The van der Waals surface area contributed by atoms with Crippen LogP contribution in [-0.4, -0.2) is 21.8 Å². The van der Waals surface area contributed by atoms with Crippen molar-refractivity contribution in [2.45, 2.75) is 38.7 Å². The van der Waals surface area contributed by atoms with Gasteiger partial charge in [-0.05, 0) is 31.9 Å². The third-order valence-corrected chi connectivity index (χ3v) is 3.48. The van der Waals surface area contributed by atoms with Gasteiger partial charge in [-0.25, -0.2) is 0 Å². The Hall–Kier alpha value is -1.03. The number of aliphatic hydroxyl groups is 2. The van der Waals surface area contributed by atoms with Gasteiger partial charge in [0.25, 0.3) is 0 Å². The molecular weight excluding hydrogens is 256 g/mol. The van der Waals surface area contributed by atoms with Crippen molar-refractivity contribution in [2.24, 2.45) is 0 Å². The first-order valence-corrected chi connectivity index (χ1v) is 7.29. The summed E-state index contributed by atoms with van der Waals surface area (Å²) >= 11 is 1.19. The zero-order chi connectivity index (χ0) is 14.7. The van der Waals surface area contributed by atoms with Gasteiger partial charge in [0, 0.05) is 4.91 Å². The summed E-state index contributed by atoms with van der Waals surface area (Å²) < 4.78 is 0. The molecule has 0 spiro atoms. The highest BCUT2D eigenvalue weighted by Crippen LogP contribution is 2.26. The van der Waals surface area contributed by atoms with Crippen molar-refractivity contribution in [3.05, 3.63) is 59.6 Å². The van der Waals surface area contributed by atoms with Crippen molar-refractivity contribution in [3.63, 3.8) is 0 Å². The van der Waals surface area contributed by atoms with Crippen LogP contribution in [0.25, 0.3) is 0 Å². The Balaban J connectivity index is 4.76. The summed E-state index contributed by atoms with van der Waals surface area (Å²) in [6, 6.07) is 0. The topological polar surface area (TPSA) is 40.5 Å². The SMILES string of the molecule is C=C/C(=C\C=C/C)SC(O)C(O)C(/C=C\CC)=C/C. The first-order valence-electron chi connectivity index (χ1n) is 6.41. The van der Waals surface area contributed by atoms with Crippen molar-refractivity contribution in [2.75, 3.05) is 0 Å². The minimum absolute atomic E-state index is 0.719. The van der Waals surface area contributed by atoms with E-state index in [0.717, 1.165) is 16.9 Å². The Bertz CT molecular complexity index is 378. The predicted molar refractivity (Wildman–Crippen MR) is 85.9 cm³/mol. The molecule has 0 fully saturated rings. The predicted octanol–water partition coefficient (Wildman–Crippen LogP) is 3.96. The molecule has 2 unspecified atom stereocenters. The van der Waals surface area contributed by atoms with Crippen LogP contribution in [0.4, 0.5) is 0 Å². The standard InChI is InChI=1S/C16H24O2S/c1-5-9-11-13(7-3)15(17)16(18)19-14(8-4)12-10-6-2/h6-12,15-18H,4-5H2,1-3H3/b10-6-,11-9-,13-7+,14-12+. The van der Waals surface area contributed by atoms with E-state index in [1.54, 1.807) is 6.08 Å². The van der Waals surface area contributed by atoms with Crippen LogP contribution >= 0.6 is 11.8 Å². The number of thioether (sulfide) groups is 1. The first-order chi connectivity index (χ1) is 9.10. The Kier molecular flexibility index (Phi) is 10.3. The van der Waals surface area contributed by atoms with E-state index in [-0.39, 0.29) is 0 Å². The number of rotatable bonds is 8. The van der Waals surface area contributed by atoms with E-state index >= 15 is 0 Å². The van der Waals surface area contributed by atoms with Gasteiger partial charge >= 0.3 is 0 Å². The summed E-state index contributed by atoms with van der Waals surface area (Å²) in [5.74, 6) is 0. The molecule has 106 valence electrons. The highest BCUT2D eigenvalue weighted by atomic mass is 32.2. The molecule has 0 aromatic carbocycles. The lowest BCUT2D eigenvalue weighted by Gasteiger charge is -2.18. The molecule has 0 aliphatic rings. The van der Waals surface area contributed by atoms with Gasteiger partial charge in [-0.1, -0.05) is 61.7 Å². The van der Waals surface area contributed by atoms with Crippen molar-refractivity contribution >= 4 is 11.8 Å². The van der Waals surface area contributed by atoms with Gasteiger partial charge in [0.05, 0.1) is 0 Å². The molecule has 0 aromatic heterocycles. The summed E-state index contributed by atoms with van der Waals surface area (Å²) in [5, 5.41) is 20.1. The van der Waals surface area contributed by atoms with Crippen molar-refractivity contribution < 1.29 is 10.2 Å². The molecule has 0 radical (unpaired) electrons. The van der Waals surface area contributed by atoms with Gasteiger partial charge < -0.3 is 10.2 Å². The molecule has 0 amide bonds. The van der Waals surface area contributed by atoms with Crippen LogP contribution in [-0.2, 0) is 0 Å². The van der Waals surface area contributed by atoms with Crippen molar-refractivity contribution in [3.8, 4) is 0 Å². The quantitative estimate of drug-likeness (QED) is 0.522. The number of hydrogen-bond donors (Lipinski definition) is 2. The molecule has 0 heterocycles. The fourth-order valence-electron chi connectivity index (χ4n) is 1.33. The molecule has 0 bridgehead atoms. The molecule has 0 saturated heterocycles. The fourth-order valence-corrected chi connectivity index (χ4v) is 2.15. The third kappa shape index (κ3) is 7.21. The summed E-state index contributed by atoms with van der Waals surface area (Å²) in [7, 11) is 0. The molecule has 2 atom stereocenters. The summed E-state index contributed by atoms with van der Waals surface area (Å²) in [5.41, 5.74) is -0.196. The monoisotopic (exact) mass is 280 g/mol. The number of hydrogen-bond acceptors (Lipinski definition) is 3. The van der Waals surface area contributed by atoms with E-state index in [2.05, 4.69) is 6.58 Å². The maximum absolute atomic E-state index is 10.1. The van der Waals surface area contributed by atoms with Gasteiger partial charge in [-0.3, -0.25) is 0 Å². The Morgan fingerprint density at radius 3 is 2.47 bits per heavy atom. The molecule has 19 heavy (non-hydrogen) atoms. The lowest BCUT2D eigenvalue weighted by Crippen LogP contribution is -2.24. The fraction of sp³-hybridized carbons (Fsp3) is 0.375. The first kappa shape index (κ1) is 18.0. The molecule has 0 aromatic rings. The lowest BCUT2D eigenvalue weighted by atomic mass is 10.1. The van der Waals surface area contributed by atoms with Crippen LogP contribution in [0.3, 0.4) is 0 Å². The average molecular weight is 280 g/mol. The Morgan fingerprint density at radius 2 is 2.00 bits per heavy atom. The van der Waals surface area contributed by atoms with Crippen LogP contribution in [0.5, 0.6) is 0 Å². The normalized spacial score (nSPS) is 17.1. The maximum atomic E-state index is 10.1. The second-order valence-corrected chi connectivity index (χ2v) is 5.04. The van der Waals surface area contributed by atoms with Crippen LogP contribution in [0, 0.1) is 0 Å². The zero-order valence-corrected chi connectivity index (χ0v) is 12.7. The summed E-state index contributed by atoms with van der Waals surface area (Å²) in [4.78, 5) is 0.819. The zero-order valence-electron chi connectivity index (χ0n) is 11.9. The smallest absolute Gasteiger partial charge is 0.134 e. The number of allylic oxidation sites excluding steroid dienone is 6. The minimum Gasteiger partial charge on any atom is -0.385 e. The van der Waals surface area contributed by atoms with E-state index in [4.69, 9.17) is 0 Å². The Labute approximate surface area is 120 Å². The molecule has 0 aliphatic carbocycles. The van der Waals surface area contributed by atoms with Crippen LogP contribution in [0.15, 0.2) is 59.6 Å². The molecule has 3 heteroatoms. The second-order valence-electron chi connectivity index (χ2n) is 3.85. The molecule has 0 aliphatic heterocycles. The van der Waals surface area contributed by atoms with E-state index in [1.807, 2.05) is 57.2 Å². The lowest BCUT2D eigenvalue weighted by molar-refractivity contribution is 0.102. The van der Waals surface area contributed by atoms with Crippen molar-refractivity contribution in [1.29, 1.82) is 0 Å².